The zero-order chi connectivity index (χ0) is 24.2. The van der Waals surface area contributed by atoms with Gasteiger partial charge < -0.3 is 15.5 Å². The van der Waals surface area contributed by atoms with Gasteiger partial charge in [-0.1, -0.05) is 12.1 Å². The van der Waals surface area contributed by atoms with Gasteiger partial charge in [0, 0.05) is 50.4 Å². The predicted octanol–water partition coefficient (Wildman–Crippen LogP) is 2.32. The summed E-state index contributed by atoms with van der Waals surface area (Å²) in [5.74, 6) is -2.26. The first kappa shape index (κ1) is 24.6. The molecular formula is C22H26F2N4O4S. The number of halogens is 2. The van der Waals surface area contributed by atoms with Crippen molar-refractivity contribution in [2.24, 2.45) is 0 Å². The molecule has 0 bridgehead atoms. The minimum absolute atomic E-state index is 0.00213. The van der Waals surface area contributed by atoms with E-state index in [0.29, 0.717) is 18.2 Å². The van der Waals surface area contributed by atoms with Gasteiger partial charge in [0.05, 0.1) is 0 Å². The van der Waals surface area contributed by atoms with E-state index in [2.05, 4.69) is 10.6 Å². The summed E-state index contributed by atoms with van der Waals surface area (Å²) in [5.41, 5.74) is 1.26. The zero-order valence-electron chi connectivity index (χ0n) is 18.3. The number of nitrogens with zero attached hydrogens (tertiary/aromatic N) is 2. The average Bonchev–Trinajstić information content (AvgIpc) is 2.77. The third-order valence-electron chi connectivity index (χ3n) is 5.11. The Morgan fingerprint density at radius 3 is 2.21 bits per heavy atom. The molecule has 1 fully saturated rings. The van der Waals surface area contributed by atoms with E-state index in [-0.39, 0.29) is 44.2 Å². The molecule has 0 atom stereocenters. The van der Waals surface area contributed by atoms with E-state index < -0.39 is 26.6 Å². The molecule has 0 saturated carbocycles. The summed E-state index contributed by atoms with van der Waals surface area (Å²) in [6.07, 6.45) is 0. The highest BCUT2D eigenvalue weighted by atomic mass is 32.2. The van der Waals surface area contributed by atoms with Crippen LogP contribution in [-0.4, -0.2) is 61.8 Å². The van der Waals surface area contributed by atoms with Gasteiger partial charge in [-0.2, -0.15) is 4.31 Å². The van der Waals surface area contributed by atoms with Crippen molar-refractivity contribution in [2.45, 2.75) is 31.3 Å². The van der Waals surface area contributed by atoms with Crippen molar-refractivity contribution in [1.29, 1.82) is 0 Å². The van der Waals surface area contributed by atoms with Crippen LogP contribution in [0.4, 0.5) is 13.6 Å². The monoisotopic (exact) mass is 480 g/mol. The second kappa shape index (κ2) is 10.3. The third kappa shape index (κ3) is 6.05. The molecule has 11 heteroatoms. The number of urea groups is 1. The Labute approximate surface area is 191 Å². The Morgan fingerprint density at radius 1 is 1.00 bits per heavy atom. The van der Waals surface area contributed by atoms with Crippen LogP contribution in [-0.2, 0) is 16.6 Å². The second-order valence-corrected chi connectivity index (χ2v) is 9.86. The molecule has 2 N–H and O–H groups in total. The molecular weight excluding hydrogens is 454 g/mol. The van der Waals surface area contributed by atoms with Crippen LogP contribution in [0, 0.1) is 11.6 Å². The fraction of sp³-hybridized carbons (Fsp3) is 0.364. The molecule has 2 aromatic rings. The average molecular weight is 481 g/mol. The molecule has 0 spiro atoms. The van der Waals surface area contributed by atoms with Crippen LogP contribution in [0.5, 0.6) is 0 Å². The van der Waals surface area contributed by atoms with Crippen molar-refractivity contribution >= 4 is 22.0 Å². The van der Waals surface area contributed by atoms with Gasteiger partial charge in [-0.15, -0.1) is 0 Å². The molecule has 1 aliphatic heterocycles. The van der Waals surface area contributed by atoms with E-state index >= 15 is 0 Å². The zero-order valence-corrected chi connectivity index (χ0v) is 19.2. The number of carbonyl (C=O) groups is 2. The standard InChI is InChI=1S/C22H26F2N4O4S/c1-15(2)26-22(30)25-14-16-3-5-17(6-4-16)21(29)27-9-11-28(12-10-27)33(31,32)20-8-7-18(23)13-19(20)24/h3-8,13,15H,9-12,14H2,1-2H3,(H2,25,26,30). The van der Waals surface area contributed by atoms with Gasteiger partial charge in [0.2, 0.25) is 10.0 Å². The lowest BCUT2D eigenvalue weighted by atomic mass is 10.1. The quantitative estimate of drug-likeness (QED) is 0.663. The van der Waals surface area contributed by atoms with Crippen LogP contribution in [0.2, 0.25) is 0 Å². The van der Waals surface area contributed by atoms with Gasteiger partial charge in [0.1, 0.15) is 16.5 Å². The fourth-order valence-corrected chi connectivity index (χ4v) is 4.87. The largest absolute Gasteiger partial charge is 0.336 e. The van der Waals surface area contributed by atoms with Crippen molar-refractivity contribution in [1.82, 2.24) is 19.8 Å². The lowest BCUT2D eigenvalue weighted by molar-refractivity contribution is 0.0697. The molecule has 178 valence electrons. The Bertz CT molecular complexity index is 1120. The lowest BCUT2D eigenvalue weighted by Gasteiger charge is -2.34. The first-order valence-corrected chi connectivity index (χ1v) is 11.9. The predicted molar refractivity (Wildman–Crippen MR) is 118 cm³/mol. The summed E-state index contributed by atoms with van der Waals surface area (Å²) < 4.78 is 53.6. The van der Waals surface area contributed by atoms with Crippen molar-refractivity contribution in [3.05, 3.63) is 65.2 Å². The van der Waals surface area contributed by atoms with Crippen LogP contribution >= 0.6 is 0 Å². The maximum atomic E-state index is 14.0. The Balaban J connectivity index is 1.57. The number of hydrogen-bond acceptors (Lipinski definition) is 4. The Hall–Kier alpha value is -3.05. The highest BCUT2D eigenvalue weighted by Gasteiger charge is 2.32. The summed E-state index contributed by atoms with van der Waals surface area (Å²) in [7, 11) is -4.14. The molecule has 0 radical (unpaired) electrons. The van der Waals surface area contributed by atoms with Crippen LogP contribution < -0.4 is 10.6 Å². The van der Waals surface area contributed by atoms with E-state index in [9.17, 15) is 26.8 Å². The van der Waals surface area contributed by atoms with Crippen LogP contribution in [0.1, 0.15) is 29.8 Å². The number of amides is 3. The molecule has 1 heterocycles. The highest BCUT2D eigenvalue weighted by Crippen LogP contribution is 2.22. The minimum Gasteiger partial charge on any atom is -0.336 e. The molecule has 1 saturated heterocycles. The van der Waals surface area contributed by atoms with Gasteiger partial charge in [-0.05, 0) is 43.7 Å². The normalized spacial score (nSPS) is 14.9. The lowest BCUT2D eigenvalue weighted by Crippen LogP contribution is -2.50. The van der Waals surface area contributed by atoms with E-state index in [1.165, 1.54) is 4.90 Å². The molecule has 3 amide bonds. The first-order valence-electron chi connectivity index (χ1n) is 10.5. The number of carbonyl (C=O) groups excluding carboxylic acids is 2. The fourth-order valence-electron chi connectivity index (χ4n) is 3.40. The Morgan fingerprint density at radius 2 is 1.64 bits per heavy atom. The van der Waals surface area contributed by atoms with Gasteiger partial charge in [-0.25, -0.2) is 22.0 Å². The van der Waals surface area contributed by atoms with E-state index in [1.54, 1.807) is 24.3 Å². The van der Waals surface area contributed by atoms with E-state index in [0.717, 1.165) is 22.0 Å². The topological polar surface area (TPSA) is 98.8 Å². The van der Waals surface area contributed by atoms with Crippen LogP contribution in [0.15, 0.2) is 47.4 Å². The molecule has 0 aliphatic carbocycles. The maximum Gasteiger partial charge on any atom is 0.315 e. The summed E-state index contributed by atoms with van der Waals surface area (Å²) >= 11 is 0. The number of nitrogens with one attached hydrogen (secondary N) is 2. The van der Waals surface area contributed by atoms with Crippen molar-refractivity contribution in [2.75, 3.05) is 26.2 Å². The molecule has 3 rings (SSSR count). The first-order chi connectivity index (χ1) is 15.6. The van der Waals surface area contributed by atoms with Gasteiger partial charge in [0.15, 0.2) is 0 Å². The number of hydrogen-bond donors (Lipinski definition) is 2. The summed E-state index contributed by atoms with van der Waals surface area (Å²) in [6.45, 7) is 4.30. The third-order valence-corrected chi connectivity index (χ3v) is 7.04. The number of benzene rings is 2. The van der Waals surface area contributed by atoms with Crippen molar-refractivity contribution < 1.29 is 26.8 Å². The highest BCUT2D eigenvalue weighted by molar-refractivity contribution is 7.89. The van der Waals surface area contributed by atoms with Crippen LogP contribution in [0.3, 0.4) is 0 Å². The smallest absolute Gasteiger partial charge is 0.315 e. The molecule has 0 aromatic heterocycles. The number of sulfonamides is 1. The number of rotatable bonds is 6. The summed E-state index contributed by atoms with van der Waals surface area (Å²) in [4.78, 5) is 25.4. The van der Waals surface area contributed by atoms with E-state index in [4.69, 9.17) is 0 Å². The molecule has 0 unspecified atom stereocenters. The minimum atomic E-state index is -4.14. The van der Waals surface area contributed by atoms with Gasteiger partial charge in [0.25, 0.3) is 5.91 Å². The SMILES string of the molecule is CC(C)NC(=O)NCc1ccc(C(=O)N2CCN(S(=O)(=O)c3ccc(F)cc3F)CC2)cc1. The molecule has 2 aromatic carbocycles. The summed E-state index contributed by atoms with van der Waals surface area (Å²) in [5, 5.41) is 5.45. The van der Waals surface area contributed by atoms with Gasteiger partial charge in [-0.3, -0.25) is 4.79 Å². The maximum absolute atomic E-state index is 14.0. The van der Waals surface area contributed by atoms with Gasteiger partial charge >= 0.3 is 6.03 Å². The Kier molecular flexibility index (Phi) is 7.65. The van der Waals surface area contributed by atoms with Crippen LogP contribution in [0.25, 0.3) is 0 Å². The summed E-state index contributed by atoms with van der Waals surface area (Å²) in [6, 6.07) is 8.85. The molecule has 8 nitrogen and oxygen atoms in total. The van der Waals surface area contributed by atoms with Crippen molar-refractivity contribution in [3.8, 4) is 0 Å². The molecule has 33 heavy (non-hydrogen) atoms. The number of piperazine rings is 1. The van der Waals surface area contributed by atoms with Crippen molar-refractivity contribution in [3.63, 3.8) is 0 Å². The second-order valence-electron chi connectivity index (χ2n) is 7.95. The molecule has 1 aliphatic rings. The van der Waals surface area contributed by atoms with E-state index in [1.807, 2.05) is 13.8 Å².